The van der Waals surface area contributed by atoms with Crippen molar-refractivity contribution in [3.05, 3.63) is 0 Å². The van der Waals surface area contributed by atoms with E-state index in [9.17, 15) is 13.2 Å². The summed E-state index contributed by atoms with van der Waals surface area (Å²) in [7, 11) is 0. The predicted molar refractivity (Wildman–Crippen MR) is 52.1 cm³/mol. The van der Waals surface area contributed by atoms with Gasteiger partial charge in [-0.3, -0.25) is 11.3 Å². The minimum Gasteiger partial charge on any atom is -0.380 e. The van der Waals surface area contributed by atoms with E-state index in [0.717, 1.165) is 6.42 Å². The first-order chi connectivity index (χ1) is 6.99. The maximum absolute atomic E-state index is 11.8. The first-order valence-corrected chi connectivity index (χ1v) is 5.10. The van der Waals surface area contributed by atoms with Gasteiger partial charge in [-0.1, -0.05) is 6.92 Å². The SMILES string of the molecule is CCCOCC(CCCC(F)(F)F)NN. The van der Waals surface area contributed by atoms with Gasteiger partial charge in [0.1, 0.15) is 0 Å². The van der Waals surface area contributed by atoms with Crippen LogP contribution in [-0.4, -0.2) is 25.4 Å². The van der Waals surface area contributed by atoms with Crippen LogP contribution in [0.25, 0.3) is 0 Å². The minimum absolute atomic E-state index is 0.0772. The molecule has 0 saturated carbocycles. The Morgan fingerprint density at radius 1 is 1.40 bits per heavy atom. The second kappa shape index (κ2) is 7.90. The number of hydrogen-bond acceptors (Lipinski definition) is 3. The van der Waals surface area contributed by atoms with Gasteiger partial charge in [0.15, 0.2) is 0 Å². The van der Waals surface area contributed by atoms with Gasteiger partial charge in [0.05, 0.1) is 6.61 Å². The first kappa shape index (κ1) is 14.7. The molecule has 0 aromatic carbocycles. The average molecular weight is 228 g/mol. The van der Waals surface area contributed by atoms with E-state index in [4.69, 9.17) is 10.6 Å². The molecule has 3 nitrogen and oxygen atoms in total. The van der Waals surface area contributed by atoms with Gasteiger partial charge in [-0.25, -0.2) is 0 Å². The number of nitrogens with one attached hydrogen (secondary N) is 1. The molecule has 0 bridgehead atoms. The van der Waals surface area contributed by atoms with E-state index in [1.165, 1.54) is 0 Å². The second-order valence-corrected chi connectivity index (χ2v) is 3.45. The molecule has 6 heteroatoms. The number of ether oxygens (including phenoxy) is 1. The Hall–Kier alpha value is -0.330. The molecule has 3 N–H and O–H groups in total. The fourth-order valence-electron chi connectivity index (χ4n) is 1.13. The molecular weight excluding hydrogens is 209 g/mol. The van der Waals surface area contributed by atoms with Crippen LogP contribution in [0, 0.1) is 0 Å². The number of nitrogens with two attached hydrogens (primary N) is 1. The van der Waals surface area contributed by atoms with Crippen LogP contribution in [0.15, 0.2) is 0 Å². The Bertz CT molecular complexity index is 153. The van der Waals surface area contributed by atoms with Gasteiger partial charge in [0.2, 0.25) is 0 Å². The van der Waals surface area contributed by atoms with Crippen molar-refractivity contribution in [2.75, 3.05) is 13.2 Å². The summed E-state index contributed by atoms with van der Waals surface area (Å²) in [5.41, 5.74) is 2.45. The van der Waals surface area contributed by atoms with Crippen LogP contribution in [0.1, 0.15) is 32.6 Å². The largest absolute Gasteiger partial charge is 0.389 e. The highest BCUT2D eigenvalue weighted by molar-refractivity contribution is 4.64. The Morgan fingerprint density at radius 3 is 2.53 bits per heavy atom. The molecule has 0 heterocycles. The van der Waals surface area contributed by atoms with E-state index in [1.54, 1.807) is 0 Å². The maximum atomic E-state index is 11.8. The van der Waals surface area contributed by atoms with Crippen LogP contribution in [0.2, 0.25) is 0 Å². The lowest BCUT2D eigenvalue weighted by molar-refractivity contribution is -0.136. The molecule has 0 saturated heterocycles. The normalized spacial score (nSPS) is 14.2. The van der Waals surface area contributed by atoms with Gasteiger partial charge in [0.25, 0.3) is 0 Å². The monoisotopic (exact) mass is 228 g/mol. The van der Waals surface area contributed by atoms with Gasteiger partial charge >= 0.3 is 6.18 Å². The molecule has 0 aromatic heterocycles. The second-order valence-electron chi connectivity index (χ2n) is 3.45. The molecule has 1 unspecified atom stereocenters. The van der Waals surface area contributed by atoms with Crippen LogP contribution in [-0.2, 0) is 4.74 Å². The van der Waals surface area contributed by atoms with Crippen molar-refractivity contribution in [1.82, 2.24) is 5.43 Å². The summed E-state index contributed by atoms with van der Waals surface area (Å²) in [5, 5.41) is 0. The Morgan fingerprint density at radius 2 is 2.07 bits per heavy atom. The van der Waals surface area contributed by atoms with Crippen molar-refractivity contribution < 1.29 is 17.9 Å². The summed E-state index contributed by atoms with van der Waals surface area (Å²) < 4.78 is 40.7. The van der Waals surface area contributed by atoms with Crippen molar-refractivity contribution in [1.29, 1.82) is 0 Å². The topological polar surface area (TPSA) is 47.3 Å². The van der Waals surface area contributed by atoms with Crippen LogP contribution in [0.5, 0.6) is 0 Å². The number of hydrogen-bond donors (Lipinski definition) is 2. The molecular formula is C9H19F3N2O. The Labute approximate surface area is 88.1 Å². The van der Waals surface area contributed by atoms with Crippen molar-refractivity contribution in [3.8, 4) is 0 Å². The zero-order chi connectivity index (χ0) is 11.7. The first-order valence-electron chi connectivity index (χ1n) is 5.10. The fraction of sp³-hybridized carbons (Fsp3) is 1.00. The fourth-order valence-corrected chi connectivity index (χ4v) is 1.13. The summed E-state index contributed by atoms with van der Waals surface area (Å²) in [6, 6.07) is -0.195. The smallest absolute Gasteiger partial charge is 0.380 e. The lowest BCUT2D eigenvalue weighted by Gasteiger charge is -2.16. The number of halogens is 3. The van der Waals surface area contributed by atoms with Gasteiger partial charge in [-0.05, 0) is 19.3 Å². The summed E-state index contributed by atoms with van der Waals surface area (Å²) in [6.07, 6.45) is -3.50. The lowest BCUT2D eigenvalue weighted by atomic mass is 10.1. The van der Waals surface area contributed by atoms with Crippen LogP contribution < -0.4 is 11.3 Å². The molecule has 92 valence electrons. The molecule has 0 aliphatic carbocycles. The van der Waals surface area contributed by atoms with Gasteiger partial charge < -0.3 is 4.74 Å². The quantitative estimate of drug-likeness (QED) is 0.379. The van der Waals surface area contributed by atoms with Crippen LogP contribution in [0.4, 0.5) is 13.2 Å². The molecule has 0 radical (unpaired) electrons. The van der Waals surface area contributed by atoms with E-state index in [0.29, 0.717) is 19.6 Å². The predicted octanol–water partition coefficient (Wildman–Crippen LogP) is 1.98. The van der Waals surface area contributed by atoms with E-state index in [-0.39, 0.29) is 12.5 Å². The van der Waals surface area contributed by atoms with Gasteiger partial charge in [-0.2, -0.15) is 13.2 Å². The zero-order valence-electron chi connectivity index (χ0n) is 8.94. The maximum Gasteiger partial charge on any atom is 0.389 e. The number of hydrazine groups is 1. The molecule has 0 rings (SSSR count). The molecule has 0 fully saturated rings. The average Bonchev–Trinajstić information content (AvgIpc) is 2.14. The van der Waals surface area contributed by atoms with Crippen molar-refractivity contribution in [3.63, 3.8) is 0 Å². The van der Waals surface area contributed by atoms with E-state index in [2.05, 4.69) is 5.43 Å². The molecule has 1 atom stereocenters. The highest BCUT2D eigenvalue weighted by Crippen LogP contribution is 2.22. The molecule has 0 spiro atoms. The van der Waals surface area contributed by atoms with E-state index in [1.807, 2.05) is 6.92 Å². The highest BCUT2D eigenvalue weighted by Gasteiger charge is 2.26. The number of rotatable bonds is 8. The standard InChI is InChI=1S/C9H19F3N2O/c1-2-6-15-7-8(14-13)4-3-5-9(10,11)12/h8,14H,2-7,13H2,1H3. The van der Waals surface area contributed by atoms with E-state index < -0.39 is 12.6 Å². The highest BCUT2D eigenvalue weighted by atomic mass is 19.4. The summed E-state index contributed by atoms with van der Waals surface area (Å²) in [5.74, 6) is 5.19. The van der Waals surface area contributed by atoms with Gasteiger partial charge in [0, 0.05) is 19.1 Å². The van der Waals surface area contributed by atoms with Gasteiger partial charge in [-0.15, -0.1) is 0 Å². The van der Waals surface area contributed by atoms with E-state index >= 15 is 0 Å². The minimum atomic E-state index is -4.08. The van der Waals surface area contributed by atoms with Crippen molar-refractivity contribution in [2.45, 2.75) is 44.8 Å². The molecule has 0 aromatic rings. The van der Waals surface area contributed by atoms with Crippen LogP contribution in [0.3, 0.4) is 0 Å². The number of alkyl halides is 3. The summed E-state index contributed by atoms with van der Waals surface area (Å²) in [4.78, 5) is 0. The molecule has 0 aliphatic rings. The lowest BCUT2D eigenvalue weighted by Crippen LogP contribution is -2.38. The summed E-state index contributed by atoms with van der Waals surface area (Å²) in [6.45, 7) is 2.94. The Kier molecular flexibility index (Phi) is 7.72. The third-order valence-electron chi connectivity index (χ3n) is 1.92. The zero-order valence-corrected chi connectivity index (χ0v) is 8.94. The summed E-state index contributed by atoms with van der Waals surface area (Å²) >= 11 is 0. The molecule has 0 amide bonds. The molecule has 0 aliphatic heterocycles. The van der Waals surface area contributed by atoms with Crippen molar-refractivity contribution >= 4 is 0 Å². The molecule has 15 heavy (non-hydrogen) atoms. The third-order valence-corrected chi connectivity index (χ3v) is 1.92. The third kappa shape index (κ3) is 9.96. The van der Waals surface area contributed by atoms with Crippen molar-refractivity contribution in [2.24, 2.45) is 5.84 Å². The Balaban J connectivity index is 3.52. The van der Waals surface area contributed by atoms with Crippen LogP contribution >= 0.6 is 0 Å².